The highest BCUT2D eigenvalue weighted by Crippen LogP contribution is 2.10. The van der Waals surface area contributed by atoms with Crippen LogP contribution in [0.25, 0.3) is 0 Å². The summed E-state index contributed by atoms with van der Waals surface area (Å²) in [5.41, 5.74) is 12.3. The van der Waals surface area contributed by atoms with Gasteiger partial charge in [0, 0.05) is 25.3 Å². The molecule has 0 aromatic heterocycles. The summed E-state index contributed by atoms with van der Waals surface area (Å²) in [7, 11) is 0. The van der Waals surface area contributed by atoms with Crippen molar-refractivity contribution in [2.24, 2.45) is 11.5 Å². The average molecular weight is 357 g/mol. The predicted octanol–water partition coefficient (Wildman–Crippen LogP) is 5.94. The second kappa shape index (κ2) is 20.2. The van der Waals surface area contributed by atoms with Crippen LogP contribution >= 0.6 is 0 Å². The lowest BCUT2D eigenvalue weighted by Gasteiger charge is -2.14. The molecule has 25 heavy (non-hydrogen) atoms. The maximum atomic E-state index is 6.17. The molecule has 0 radical (unpaired) electrons. The molecule has 0 heterocycles. The SMILES string of the molecule is CCCCCCCCC(N)CCOCCC(N)CCCCCCCC. The van der Waals surface area contributed by atoms with Gasteiger partial charge in [-0.2, -0.15) is 0 Å². The molecule has 0 saturated carbocycles. The molecule has 2 unspecified atom stereocenters. The number of unbranched alkanes of at least 4 members (excludes halogenated alkanes) is 10. The quantitative estimate of drug-likeness (QED) is 0.265. The topological polar surface area (TPSA) is 61.3 Å². The molecule has 0 aliphatic carbocycles. The zero-order valence-electron chi connectivity index (χ0n) is 17.4. The minimum absolute atomic E-state index is 0.308. The van der Waals surface area contributed by atoms with E-state index in [1.807, 2.05) is 0 Å². The van der Waals surface area contributed by atoms with E-state index in [2.05, 4.69) is 13.8 Å². The summed E-state index contributed by atoms with van der Waals surface area (Å²) in [6.07, 6.45) is 20.4. The molecule has 152 valence electrons. The van der Waals surface area contributed by atoms with Gasteiger partial charge in [-0.3, -0.25) is 0 Å². The van der Waals surface area contributed by atoms with Gasteiger partial charge in [0.15, 0.2) is 0 Å². The smallest absolute Gasteiger partial charge is 0.0480 e. The molecule has 0 rings (SSSR count). The first-order valence-corrected chi connectivity index (χ1v) is 11.3. The highest BCUT2D eigenvalue weighted by molar-refractivity contribution is 4.63. The van der Waals surface area contributed by atoms with Crippen LogP contribution in [0.15, 0.2) is 0 Å². The normalized spacial score (nSPS) is 13.9. The Balaban J connectivity index is 3.27. The second-order valence-electron chi connectivity index (χ2n) is 7.82. The van der Waals surface area contributed by atoms with Crippen molar-refractivity contribution in [3.63, 3.8) is 0 Å². The van der Waals surface area contributed by atoms with Crippen LogP contribution in [0.3, 0.4) is 0 Å². The molecule has 0 aliphatic heterocycles. The summed E-state index contributed by atoms with van der Waals surface area (Å²) in [5.74, 6) is 0. The van der Waals surface area contributed by atoms with E-state index in [0.717, 1.165) is 38.9 Å². The van der Waals surface area contributed by atoms with E-state index in [4.69, 9.17) is 16.2 Å². The van der Waals surface area contributed by atoms with Gasteiger partial charge in [0.1, 0.15) is 0 Å². The molecule has 2 atom stereocenters. The Morgan fingerprint density at radius 2 is 0.880 bits per heavy atom. The van der Waals surface area contributed by atoms with E-state index < -0.39 is 0 Å². The Kier molecular flexibility index (Phi) is 20.1. The number of rotatable bonds is 20. The summed E-state index contributed by atoms with van der Waals surface area (Å²) in [6, 6.07) is 0.617. The van der Waals surface area contributed by atoms with Gasteiger partial charge in [-0.15, -0.1) is 0 Å². The number of hydrogen-bond donors (Lipinski definition) is 2. The minimum atomic E-state index is 0.308. The van der Waals surface area contributed by atoms with Crippen LogP contribution < -0.4 is 11.5 Å². The lowest BCUT2D eigenvalue weighted by molar-refractivity contribution is 0.119. The zero-order chi connectivity index (χ0) is 18.6. The predicted molar refractivity (Wildman–Crippen MR) is 112 cm³/mol. The second-order valence-corrected chi connectivity index (χ2v) is 7.82. The fourth-order valence-electron chi connectivity index (χ4n) is 3.23. The fourth-order valence-corrected chi connectivity index (χ4v) is 3.23. The van der Waals surface area contributed by atoms with Crippen molar-refractivity contribution >= 4 is 0 Å². The molecule has 0 aliphatic rings. The molecule has 4 N–H and O–H groups in total. The fraction of sp³-hybridized carbons (Fsp3) is 1.00. The Morgan fingerprint density at radius 1 is 0.520 bits per heavy atom. The van der Waals surface area contributed by atoms with E-state index in [0.29, 0.717) is 12.1 Å². The van der Waals surface area contributed by atoms with Gasteiger partial charge in [-0.05, 0) is 25.7 Å². The van der Waals surface area contributed by atoms with Crippen molar-refractivity contribution in [3.8, 4) is 0 Å². The Morgan fingerprint density at radius 3 is 1.28 bits per heavy atom. The third-order valence-electron chi connectivity index (χ3n) is 5.12. The highest BCUT2D eigenvalue weighted by atomic mass is 16.5. The Bertz CT molecular complexity index is 224. The van der Waals surface area contributed by atoms with Crippen molar-refractivity contribution in [1.82, 2.24) is 0 Å². The monoisotopic (exact) mass is 356 g/mol. The first-order valence-electron chi connectivity index (χ1n) is 11.3. The lowest BCUT2D eigenvalue weighted by atomic mass is 10.0. The summed E-state index contributed by atoms with van der Waals surface area (Å²) < 4.78 is 5.73. The molecule has 0 spiro atoms. The number of ether oxygens (including phenoxy) is 1. The first-order chi connectivity index (χ1) is 12.2. The average Bonchev–Trinajstić information content (AvgIpc) is 2.60. The molecule has 0 bridgehead atoms. The highest BCUT2D eigenvalue weighted by Gasteiger charge is 2.05. The molecule has 0 aromatic rings. The van der Waals surface area contributed by atoms with E-state index >= 15 is 0 Å². The maximum Gasteiger partial charge on any atom is 0.0480 e. The van der Waals surface area contributed by atoms with Crippen LogP contribution in [0.2, 0.25) is 0 Å². The van der Waals surface area contributed by atoms with Crippen LogP contribution in [0.1, 0.15) is 117 Å². The van der Waals surface area contributed by atoms with E-state index in [9.17, 15) is 0 Å². The summed E-state index contributed by atoms with van der Waals surface area (Å²) in [6.45, 7) is 6.11. The summed E-state index contributed by atoms with van der Waals surface area (Å²) >= 11 is 0. The van der Waals surface area contributed by atoms with Crippen molar-refractivity contribution in [3.05, 3.63) is 0 Å². The Hall–Kier alpha value is -0.120. The Labute approximate surface area is 158 Å². The largest absolute Gasteiger partial charge is 0.381 e. The first kappa shape index (κ1) is 24.9. The summed E-state index contributed by atoms with van der Waals surface area (Å²) in [5, 5.41) is 0. The van der Waals surface area contributed by atoms with Gasteiger partial charge in [0.05, 0.1) is 0 Å². The zero-order valence-corrected chi connectivity index (χ0v) is 17.4. The van der Waals surface area contributed by atoms with Crippen molar-refractivity contribution in [1.29, 1.82) is 0 Å². The van der Waals surface area contributed by atoms with Crippen molar-refractivity contribution in [2.45, 2.75) is 129 Å². The molecule has 3 heteroatoms. The van der Waals surface area contributed by atoms with Gasteiger partial charge < -0.3 is 16.2 Å². The van der Waals surface area contributed by atoms with Gasteiger partial charge in [0.25, 0.3) is 0 Å². The maximum absolute atomic E-state index is 6.17. The van der Waals surface area contributed by atoms with Crippen LogP contribution in [-0.2, 0) is 4.74 Å². The van der Waals surface area contributed by atoms with Crippen LogP contribution in [-0.4, -0.2) is 25.3 Å². The van der Waals surface area contributed by atoms with E-state index in [1.165, 1.54) is 77.0 Å². The number of nitrogens with two attached hydrogens (primary N) is 2. The molecule has 0 fully saturated rings. The number of hydrogen-bond acceptors (Lipinski definition) is 3. The lowest BCUT2D eigenvalue weighted by Crippen LogP contribution is -2.24. The van der Waals surface area contributed by atoms with E-state index in [1.54, 1.807) is 0 Å². The molecular weight excluding hydrogens is 308 g/mol. The third kappa shape index (κ3) is 20.0. The van der Waals surface area contributed by atoms with Gasteiger partial charge in [-0.25, -0.2) is 0 Å². The van der Waals surface area contributed by atoms with Crippen molar-refractivity contribution < 1.29 is 4.74 Å². The third-order valence-corrected chi connectivity index (χ3v) is 5.12. The van der Waals surface area contributed by atoms with Crippen LogP contribution in [0.5, 0.6) is 0 Å². The summed E-state index contributed by atoms with van der Waals surface area (Å²) in [4.78, 5) is 0. The standard InChI is InChI=1S/C22H48N2O/c1-3-5-7-9-11-13-15-21(23)17-19-25-20-18-22(24)16-14-12-10-8-6-4-2/h21-22H,3-20,23-24H2,1-2H3. The molecule has 0 saturated heterocycles. The van der Waals surface area contributed by atoms with Gasteiger partial charge in [-0.1, -0.05) is 90.9 Å². The van der Waals surface area contributed by atoms with E-state index in [-0.39, 0.29) is 0 Å². The van der Waals surface area contributed by atoms with Crippen LogP contribution in [0.4, 0.5) is 0 Å². The molecule has 0 amide bonds. The molecule has 3 nitrogen and oxygen atoms in total. The van der Waals surface area contributed by atoms with Gasteiger partial charge in [0.2, 0.25) is 0 Å². The molecule has 0 aromatic carbocycles. The van der Waals surface area contributed by atoms with Crippen molar-refractivity contribution in [2.75, 3.05) is 13.2 Å². The molecular formula is C22H48N2O. The minimum Gasteiger partial charge on any atom is -0.381 e. The van der Waals surface area contributed by atoms with Crippen LogP contribution in [0, 0.1) is 0 Å². The van der Waals surface area contributed by atoms with Gasteiger partial charge >= 0.3 is 0 Å².